The molecule has 2 bridgehead atoms. The van der Waals surface area contributed by atoms with Crippen molar-refractivity contribution in [2.75, 3.05) is 18.1 Å². The Morgan fingerprint density at radius 3 is 2.45 bits per heavy atom. The SMILES string of the molecule is NC1=C(N)N2CC(c3ccc(-c4ccccc4)nc3)(C=N2)N=C1C1CCS(=O)(=O)CC1. The van der Waals surface area contributed by atoms with Gasteiger partial charge in [-0.1, -0.05) is 36.4 Å². The zero-order chi connectivity index (χ0) is 21.6. The summed E-state index contributed by atoms with van der Waals surface area (Å²) in [5.74, 6) is 0.588. The van der Waals surface area contributed by atoms with Crippen LogP contribution in [-0.2, 0) is 15.4 Å². The fourth-order valence-corrected chi connectivity index (χ4v) is 5.86. The number of nitrogens with two attached hydrogens (primary N) is 2. The molecule has 1 aromatic carbocycles. The molecule has 0 amide bonds. The summed E-state index contributed by atoms with van der Waals surface area (Å²) in [5.41, 5.74) is 15.8. The second-order valence-electron chi connectivity index (χ2n) is 8.25. The smallest absolute Gasteiger partial charge is 0.150 e. The molecule has 4 N–H and O–H groups in total. The number of aliphatic imine (C=N–C) groups is 1. The zero-order valence-corrected chi connectivity index (χ0v) is 17.8. The topological polar surface area (TPSA) is 127 Å². The lowest BCUT2D eigenvalue weighted by atomic mass is 9.90. The van der Waals surface area contributed by atoms with E-state index >= 15 is 0 Å². The van der Waals surface area contributed by atoms with Gasteiger partial charge in [0, 0.05) is 23.2 Å². The van der Waals surface area contributed by atoms with Gasteiger partial charge in [-0.15, -0.1) is 0 Å². The largest absolute Gasteiger partial charge is 0.394 e. The molecule has 8 nitrogen and oxygen atoms in total. The molecule has 9 heteroatoms. The van der Waals surface area contributed by atoms with Crippen LogP contribution in [-0.4, -0.2) is 48.4 Å². The van der Waals surface area contributed by atoms with Crippen LogP contribution in [0.5, 0.6) is 0 Å². The summed E-state index contributed by atoms with van der Waals surface area (Å²) in [7, 11) is -2.99. The highest BCUT2D eigenvalue weighted by Crippen LogP contribution is 2.37. The first-order chi connectivity index (χ1) is 14.9. The van der Waals surface area contributed by atoms with Gasteiger partial charge in [0.1, 0.15) is 21.2 Å². The number of aromatic nitrogens is 1. The van der Waals surface area contributed by atoms with Gasteiger partial charge in [0.15, 0.2) is 0 Å². The third-order valence-corrected chi connectivity index (χ3v) is 7.94. The van der Waals surface area contributed by atoms with E-state index in [1.54, 1.807) is 11.2 Å². The van der Waals surface area contributed by atoms with E-state index in [4.69, 9.17) is 16.5 Å². The van der Waals surface area contributed by atoms with Crippen LogP contribution in [0.1, 0.15) is 18.4 Å². The molecule has 0 spiro atoms. The predicted octanol–water partition coefficient (Wildman–Crippen LogP) is 1.61. The van der Waals surface area contributed by atoms with Crippen molar-refractivity contribution < 1.29 is 8.42 Å². The van der Waals surface area contributed by atoms with E-state index in [1.165, 1.54) is 0 Å². The van der Waals surface area contributed by atoms with Gasteiger partial charge in [0.25, 0.3) is 0 Å². The maximum Gasteiger partial charge on any atom is 0.150 e. The zero-order valence-electron chi connectivity index (χ0n) is 17.0. The summed E-state index contributed by atoms with van der Waals surface area (Å²) >= 11 is 0. The first-order valence-corrected chi connectivity index (χ1v) is 12.1. The van der Waals surface area contributed by atoms with Crippen molar-refractivity contribution in [2.45, 2.75) is 18.4 Å². The second-order valence-corrected chi connectivity index (χ2v) is 10.6. The fraction of sp³-hybridized carbons (Fsp3) is 0.318. The molecule has 160 valence electrons. The Bertz CT molecular complexity index is 1190. The first-order valence-electron chi connectivity index (χ1n) is 10.3. The number of pyridine rings is 1. The van der Waals surface area contributed by atoms with Crippen molar-refractivity contribution in [3.05, 3.63) is 65.7 Å². The summed E-state index contributed by atoms with van der Waals surface area (Å²) in [5, 5.41) is 6.10. The van der Waals surface area contributed by atoms with Crippen LogP contribution in [0, 0.1) is 5.92 Å². The first kappa shape index (κ1) is 19.7. The lowest BCUT2D eigenvalue weighted by Crippen LogP contribution is -2.35. The standard InChI is InChI=1S/C22H24N6O2S/c23-19-20(16-8-10-31(29,30)11-9-16)27-22(13-26-28(14-22)21(19)24)17-6-7-18(25-12-17)15-4-2-1-3-5-15/h1-7,12-13,16H,8-11,14,23-24H2. The molecule has 31 heavy (non-hydrogen) atoms. The Hall–Kier alpha value is -3.20. The van der Waals surface area contributed by atoms with Crippen molar-refractivity contribution in [1.29, 1.82) is 0 Å². The molecule has 0 aliphatic carbocycles. The summed E-state index contributed by atoms with van der Waals surface area (Å²) in [6.45, 7) is 0.431. The van der Waals surface area contributed by atoms with E-state index in [2.05, 4.69) is 10.1 Å². The molecule has 4 heterocycles. The Morgan fingerprint density at radius 1 is 1.03 bits per heavy atom. The van der Waals surface area contributed by atoms with E-state index in [0.717, 1.165) is 16.8 Å². The van der Waals surface area contributed by atoms with Crippen molar-refractivity contribution in [3.63, 3.8) is 0 Å². The molecule has 1 fully saturated rings. The molecular formula is C22H24N6O2S. The number of rotatable bonds is 3. The number of hydrogen-bond acceptors (Lipinski definition) is 8. The quantitative estimate of drug-likeness (QED) is 0.753. The Morgan fingerprint density at radius 2 is 1.77 bits per heavy atom. The average Bonchev–Trinajstić information content (AvgIpc) is 3.19. The molecule has 3 aliphatic rings. The predicted molar refractivity (Wildman–Crippen MR) is 121 cm³/mol. The van der Waals surface area contributed by atoms with Crippen LogP contribution in [0.25, 0.3) is 11.3 Å². The molecular weight excluding hydrogens is 412 g/mol. The van der Waals surface area contributed by atoms with Gasteiger partial charge in [-0.25, -0.2) is 13.4 Å². The normalized spacial score (nSPS) is 25.4. The summed E-state index contributed by atoms with van der Waals surface area (Å²) in [4.78, 5) is 9.73. The van der Waals surface area contributed by atoms with Crippen molar-refractivity contribution in [3.8, 4) is 11.3 Å². The van der Waals surface area contributed by atoms with Crippen molar-refractivity contribution >= 4 is 21.8 Å². The maximum absolute atomic E-state index is 11.9. The third kappa shape index (κ3) is 3.48. The number of benzene rings is 1. The summed E-state index contributed by atoms with van der Waals surface area (Å²) in [6.07, 6.45) is 4.59. The van der Waals surface area contributed by atoms with Gasteiger partial charge in [-0.05, 0) is 18.9 Å². The Balaban J connectivity index is 1.53. The lowest BCUT2D eigenvalue weighted by Gasteiger charge is -2.27. The molecule has 3 aliphatic heterocycles. The van der Waals surface area contributed by atoms with Gasteiger partial charge in [0.05, 0.1) is 41.4 Å². The molecule has 1 saturated heterocycles. The minimum Gasteiger partial charge on any atom is -0.394 e. The minimum absolute atomic E-state index is 0.0514. The van der Waals surface area contributed by atoms with E-state index in [-0.39, 0.29) is 17.4 Å². The van der Waals surface area contributed by atoms with Gasteiger partial charge in [-0.3, -0.25) is 9.98 Å². The number of allylic oxidation sites excluding steroid dienone is 1. The van der Waals surface area contributed by atoms with E-state index < -0.39 is 15.4 Å². The number of hydrogen-bond donors (Lipinski definition) is 2. The average molecular weight is 437 g/mol. The van der Waals surface area contributed by atoms with Crippen LogP contribution >= 0.6 is 0 Å². The molecule has 1 atom stereocenters. The molecule has 0 radical (unpaired) electrons. The molecule has 5 rings (SSSR count). The van der Waals surface area contributed by atoms with Crippen LogP contribution in [0.15, 0.2) is 70.3 Å². The monoisotopic (exact) mass is 436 g/mol. The van der Waals surface area contributed by atoms with Crippen molar-refractivity contribution in [2.24, 2.45) is 27.5 Å². The third-order valence-electron chi connectivity index (χ3n) is 6.23. The Kier molecular flexibility index (Phi) is 4.58. The van der Waals surface area contributed by atoms with E-state index in [1.807, 2.05) is 48.7 Å². The summed E-state index contributed by atoms with van der Waals surface area (Å²) in [6, 6.07) is 14.0. The van der Waals surface area contributed by atoms with E-state index in [9.17, 15) is 8.42 Å². The second kappa shape index (κ2) is 7.19. The maximum atomic E-state index is 11.9. The fourth-order valence-electron chi connectivity index (χ4n) is 4.37. The number of sulfone groups is 1. The van der Waals surface area contributed by atoms with Crippen LogP contribution in [0.3, 0.4) is 0 Å². The van der Waals surface area contributed by atoms with Crippen LogP contribution < -0.4 is 11.5 Å². The number of fused-ring (bicyclic) bond motifs is 2. The number of hydrazone groups is 1. The van der Waals surface area contributed by atoms with Gasteiger partial charge < -0.3 is 11.5 Å². The number of nitrogens with zero attached hydrogens (tertiary/aromatic N) is 4. The Labute approximate surface area is 181 Å². The molecule has 2 aromatic rings. The van der Waals surface area contributed by atoms with Crippen LogP contribution in [0.2, 0.25) is 0 Å². The van der Waals surface area contributed by atoms with Gasteiger partial charge >= 0.3 is 0 Å². The van der Waals surface area contributed by atoms with E-state index in [0.29, 0.717) is 36.6 Å². The minimum atomic E-state index is -2.99. The molecule has 1 unspecified atom stereocenters. The molecule has 1 aromatic heterocycles. The van der Waals surface area contributed by atoms with Gasteiger partial charge in [0.2, 0.25) is 0 Å². The molecule has 0 saturated carbocycles. The lowest BCUT2D eigenvalue weighted by molar-refractivity contribution is 0.350. The highest BCUT2D eigenvalue weighted by Gasteiger charge is 2.43. The highest BCUT2D eigenvalue weighted by atomic mass is 32.2. The van der Waals surface area contributed by atoms with Crippen molar-refractivity contribution in [1.82, 2.24) is 9.99 Å². The summed E-state index contributed by atoms with van der Waals surface area (Å²) < 4.78 is 23.8. The highest BCUT2D eigenvalue weighted by molar-refractivity contribution is 7.91. The van der Waals surface area contributed by atoms with Gasteiger partial charge in [-0.2, -0.15) is 5.10 Å². The van der Waals surface area contributed by atoms with Crippen LogP contribution in [0.4, 0.5) is 0 Å².